The Hall–Kier alpha value is -0.530. The molecule has 0 bridgehead atoms. The molecule has 1 unspecified atom stereocenters. The van der Waals surface area contributed by atoms with E-state index >= 15 is 0 Å². The Balaban J connectivity index is 1.46. The van der Waals surface area contributed by atoms with Crippen LogP contribution in [-0.4, -0.2) is 49.8 Å². The maximum atomic E-state index is 13.2. The predicted molar refractivity (Wildman–Crippen MR) is 122 cm³/mol. The molecule has 178 valence electrons. The molecule has 0 aromatic heterocycles. The molecule has 5 N–H and O–H groups in total. The van der Waals surface area contributed by atoms with Crippen LogP contribution < -0.4 is 16.6 Å². The Bertz CT molecular complexity index is 644. The maximum absolute atomic E-state index is 13.2. The molecule has 0 saturated heterocycles. The Morgan fingerprint density at radius 3 is 2.68 bits per heavy atom. The van der Waals surface area contributed by atoms with Crippen molar-refractivity contribution in [2.45, 2.75) is 83.8 Å². The average molecular weight is 436 g/mol. The maximum Gasteiger partial charge on any atom is 0.151 e. The molecule has 4 aliphatic rings. The summed E-state index contributed by atoms with van der Waals surface area (Å²) in [6.45, 7) is 6.26. The van der Waals surface area contributed by atoms with Gasteiger partial charge in [0, 0.05) is 25.6 Å². The minimum Gasteiger partial charge on any atom is -0.393 e. The van der Waals surface area contributed by atoms with Gasteiger partial charge in [0.25, 0.3) is 0 Å². The molecule has 4 rings (SSSR count). The lowest BCUT2D eigenvalue weighted by Gasteiger charge is -2.61. The highest BCUT2D eigenvalue weighted by molar-refractivity contribution is 5.84. The van der Waals surface area contributed by atoms with Crippen molar-refractivity contribution in [1.29, 1.82) is 0 Å². The molecule has 0 radical (unpaired) electrons. The molecule has 9 atom stereocenters. The number of nitrogens with one attached hydrogen (secondary N) is 2. The average Bonchev–Trinajstić information content (AvgIpc) is 3.09. The molecule has 0 aromatic carbocycles. The standard InChI is InChI=1S/C25H45N3O3/c1-16(26)13-27-28-14-23(30)22-7-6-20-19-5-4-17-12-18(29)8-11-25(17,15-31-3)21(19)9-10-24(20,22)2/h16-22,27-29H,4-15,26H2,1-3H3/t16?,17-,18+,19-,20-,21-,22+,24-,25+/m0/s1. The van der Waals surface area contributed by atoms with Gasteiger partial charge in [0.1, 0.15) is 0 Å². The second-order valence-electron chi connectivity index (χ2n) is 11.6. The summed E-state index contributed by atoms with van der Waals surface area (Å²) in [6, 6.07) is 0.0710. The first-order valence-corrected chi connectivity index (χ1v) is 12.7. The van der Waals surface area contributed by atoms with Crippen LogP contribution in [0.25, 0.3) is 0 Å². The highest BCUT2D eigenvalue weighted by Crippen LogP contribution is 2.67. The van der Waals surface area contributed by atoms with E-state index in [1.165, 1.54) is 25.7 Å². The van der Waals surface area contributed by atoms with E-state index < -0.39 is 0 Å². The number of rotatable bonds is 8. The second kappa shape index (κ2) is 9.38. The molecule has 6 nitrogen and oxygen atoms in total. The molecular formula is C25H45N3O3. The summed E-state index contributed by atoms with van der Waals surface area (Å²) in [7, 11) is 1.85. The lowest BCUT2D eigenvalue weighted by Crippen LogP contribution is -2.57. The molecular weight excluding hydrogens is 390 g/mol. The van der Waals surface area contributed by atoms with Crippen LogP contribution in [0.5, 0.6) is 0 Å². The van der Waals surface area contributed by atoms with Gasteiger partial charge >= 0.3 is 0 Å². The predicted octanol–water partition coefficient (Wildman–Crippen LogP) is 2.64. The Morgan fingerprint density at radius 1 is 1.13 bits per heavy atom. The number of hydrazine groups is 1. The molecule has 6 heteroatoms. The normalized spacial score (nSPS) is 45.5. The molecule has 4 aliphatic carbocycles. The van der Waals surface area contributed by atoms with Crippen molar-refractivity contribution in [3.63, 3.8) is 0 Å². The van der Waals surface area contributed by atoms with Gasteiger partial charge in [-0.25, -0.2) is 0 Å². The topological polar surface area (TPSA) is 96.6 Å². The van der Waals surface area contributed by atoms with E-state index in [-0.39, 0.29) is 28.9 Å². The van der Waals surface area contributed by atoms with Crippen molar-refractivity contribution in [2.24, 2.45) is 46.2 Å². The van der Waals surface area contributed by atoms with Crippen molar-refractivity contribution in [3.05, 3.63) is 0 Å². The van der Waals surface area contributed by atoms with Crippen LogP contribution >= 0.6 is 0 Å². The summed E-state index contributed by atoms with van der Waals surface area (Å²) < 4.78 is 5.83. The first-order chi connectivity index (χ1) is 14.8. The van der Waals surface area contributed by atoms with E-state index in [0.29, 0.717) is 42.5 Å². The number of hydrogen-bond donors (Lipinski definition) is 4. The van der Waals surface area contributed by atoms with E-state index in [4.69, 9.17) is 10.5 Å². The largest absolute Gasteiger partial charge is 0.393 e. The minimum atomic E-state index is -0.128. The Labute approximate surface area is 188 Å². The smallest absolute Gasteiger partial charge is 0.151 e. The van der Waals surface area contributed by atoms with Gasteiger partial charge in [0.2, 0.25) is 0 Å². The van der Waals surface area contributed by atoms with E-state index in [0.717, 1.165) is 38.7 Å². The van der Waals surface area contributed by atoms with Crippen molar-refractivity contribution in [1.82, 2.24) is 10.9 Å². The van der Waals surface area contributed by atoms with Crippen LogP contribution in [-0.2, 0) is 9.53 Å². The SMILES string of the molecule is COC[C@]12CC[C@@H](O)C[C@@H]1CC[C@H]1[C@@H]3CC[C@H](C(=O)CNNCC(C)N)[C@@]3(C)CC[C@@H]12. The van der Waals surface area contributed by atoms with Gasteiger partial charge in [-0.05, 0) is 99.2 Å². The van der Waals surface area contributed by atoms with Crippen LogP contribution in [0.3, 0.4) is 0 Å². The zero-order chi connectivity index (χ0) is 22.2. The number of carbonyl (C=O) groups excluding carboxylic acids is 1. The summed E-state index contributed by atoms with van der Waals surface area (Å²) in [6.07, 6.45) is 9.94. The minimum absolute atomic E-state index is 0.0710. The first kappa shape index (κ1) is 23.6. The molecule has 4 fully saturated rings. The van der Waals surface area contributed by atoms with Crippen LogP contribution in [0.4, 0.5) is 0 Å². The van der Waals surface area contributed by atoms with Crippen molar-refractivity contribution in [3.8, 4) is 0 Å². The summed E-state index contributed by atoms with van der Waals surface area (Å²) in [5.74, 6) is 3.19. The van der Waals surface area contributed by atoms with Crippen molar-refractivity contribution in [2.75, 3.05) is 26.8 Å². The van der Waals surface area contributed by atoms with Gasteiger partial charge in [-0.3, -0.25) is 15.6 Å². The summed E-state index contributed by atoms with van der Waals surface area (Å²) in [5, 5.41) is 10.3. The zero-order valence-electron chi connectivity index (χ0n) is 19.9. The number of nitrogens with two attached hydrogens (primary N) is 1. The monoisotopic (exact) mass is 435 g/mol. The Kier molecular flexibility index (Phi) is 7.15. The van der Waals surface area contributed by atoms with Gasteiger partial charge in [-0.15, -0.1) is 0 Å². The van der Waals surface area contributed by atoms with E-state index in [2.05, 4.69) is 17.8 Å². The van der Waals surface area contributed by atoms with Crippen molar-refractivity contribution < 1.29 is 14.6 Å². The third-order valence-corrected chi connectivity index (χ3v) is 9.95. The van der Waals surface area contributed by atoms with Crippen LogP contribution in [0.2, 0.25) is 0 Å². The number of Topliss-reactive ketones (excluding diaryl/α,β-unsaturated/α-hetero) is 1. The number of ketones is 1. The van der Waals surface area contributed by atoms with Gasteiger partial charge in [0.15, 0.2) is 5.78 Å². The van der Waals surface area contributed by atoms with E-state index in [1.54, 1.807) is 0 Å². The fourth-order valence-corrected chi connectivity index (χ4v) is 8.61. The highest BCUT2D eigenvalue weighted by atomic mass is 16.5. The van der Waals surface area contributed by atoms with Crippen LogP contribution in [0.1, 0.15) is 71.6 Å². The number of fused-ring (bicyclic) bond motifs is 5. The third-order valence-electron chi connectivity index (χ3n) is 9.95. The number of aliphatic hydroxyl groups excluding tert-OH is 1. The van der Waals surface area contributed by atoms with Gasteiger partial charge in [-0.1, -0.05) is 6.92 Å². The quantitative estimate of drug-likeness (QED) is 0.346. The summed E-state index contributed by atoms with van der Waals surface area (Å²) in [4.78, 5) is 13.2. The fourth-order valence-electron chi connectivity index (χ4n) is 8.61. The number of aliphatic hydroxyl groups is 1. The van der Waals surface area contributed by atoms with Crippen LogP contribution in [0.15, 0.2) is 0 Å². The molecule has 0 aliphatic heterocycles. The van der Waals surface area contributed by atoms with Crippen molar-refractivity contribution >= 4 is 5.78 Å². The van der Waals surface area contributed by atoms with Crippen LogP contribution in [0, 0.1) is 40.4 Å². The number of hydrogen-bond acceptors (Lipinski definition) is 6. The summed E-state index contributed by atoms with van der Waals surface area (Å²) in [5.41, 5.74) is 12.4. The lowest BCUT2D eigenvalue weighted by atomic mass is 9.44. The molecule has 0 heterocycles. The van der Waals surface area contributed by atoms with E-state index in [9.17, 15) is 9.90 Å². The number of carbonyl (C=O) groups is 1. The molecule has 4 saturated carbocycles. The van der Waals surface area contributed by atoms with E-state index in [1.807, 2.05) is 14.0 Å². The second-order valence-corrected chi connectivity index (χ2v) is 11.6. The Morgan fingerprint density at radius 2 is 1.94 bits per heavy atom. The summed E-state index contributed by atoms with van der Waals surface area (Å²) >= 11 is 0. The third kappa shape index (κ3) is 4.23. The van der Waals surface area contributed by atoms with Gasteiger partial charge in [0.05, 0.1) is 19.3 Å². The molecule has 0 aromatic rings. The fraction of sp³-hybridized carbons (Fsp3) is 0.960. The lowest BCUT2D eigenvalue weighted by molar-refractivity contribution is -0.160. The first-order valence-electron chi connectivity index (χ1n) is 12.7. The number of methoxy groups -OCH3 is 1. The zero-order valence-corrected chi connectivity index (χ0v) is 19.9. The molecule has 0 amide bonds. The highest BCUT2D eigenvalue weighted by Gasteiger charge is 2.62. The molecule has 0 spiro atoms. The van der Waals surface area contributed by atoms with Gasteiger partial charge in [-0.2, -0.15) is 0 Å². The molecule has 31 heavy (non-hydrogen) atoms. The number of ether oxygens (including phenoxy) is 1. The van der Waals surface area contributed by atoms with Gasteiger partial charge < -0.3 is 15.6 Å².